The molecule has 2 aliphatic rings. The molecule has 4 unspecified atom stereocenters. The molecular formula is C16H27N3. The number of rotatable bonds is 4. The lowest BCUT2D eigenvalue weighted by molar-refractivity contribution is 0.0980. The van der Waals surface area contributed by atoms with Crippen molar-refractivity contribution in [2.75, 3.05) is 0 Å². The minimum Gasteiger partial charge on any atom is -0.336 e. The second-order valence-electron chi connectivity index (χ2n) is 7.68. The van der Waals surface area contributed by atoms with Crippen LogP contribution in [0.15, 0.2) is 18.7 Å². The first kappa shape index (κ1) is 13.2. The Bertz CT molecular complexity index is 432. The quantitative estimate of drug-likeness (QED) is 0.902. The molecule has 3 rings (SSSR count). The average Bonchev–Trinajstić information content (AvgIpc) is 2.98. The van der Waals surface area contributed by atoms with E-state index in [2.05, 4.69) is 42.6 Å². The van der Waals surface area contributed by atoms with Gasteiger partial charge in [-0.1, -0.05) is 20.8 Å². The number of fused-ring (bicyclic) bond motifs is 2. The van der Waals surface area contributed by atoms with E-state index in [1.165, 1.54) is 19.3 Å². The maximum atomic E-state index is 4.12. The van der Waals surface area contributed by atoms with Gasteiger partial charge < -0.3 is 9.88 Å². The molecule has 1 N–H and O–H groups in total. The molecule has 19 heavy (non-hydrogen) atoms. The topological polar surface area (TPSA) is 29.9 Å². The molecule has 0 spiro atoms. The van der Waals surface area contributed by atoms with Gasteiger partial charge >= 0.3 is 0 Å². The molecule has 0 amide bonds. The zero-order valence-corrected chi connectivity index (χ0v) is 12.7. The molecule has 0 radical (unpaired) electrons. The van der Waals surface area contributed by atoms with Gasteiger partial charge in [-0.2, -0.15) is 0 Å². The Morgan fingerprint density at radius 1 is 1.42 bits per heavy atom. The highest BCUT2D eigenvalue weighted by atomic mass is 15.1. The fraction of sp³-hybridized carbons (Fsp3) is 0.812. The van der Waals surface area contributed by atoms with E-state index in [9.17, 15) is 0 Å². The van der Waals surface area contributed by atoms with E-state index in [0.29, 0.717) is 22.9 Å². The lowest BCUT2D eigenvalue weighted by atomic mass is 9.68. The van der Waals surface area contributed by atoms with Crippen LogP contribution in [0.25, 0.3) is 0 Å². The fourth-order valence-electron chi connectivity index (χ4n) is 4.77. The lowest BCUT2D eigenvalue weighted by Gasteiger charge is -2.44. The van der Waals surface area contributed by atoms with Crippen molar-refractivity contribution in [3.05, 3.63) is 18.7 Å². The second-order valence-corrected chi connectivity index (χ2v) is 7.68. The molecule has 4 atom stereocenters. The summed E-state index contributed by atoms with van der Waals surface area (Å²) in [7, 11) is 0. The Balaban J connectivity index is 1.69. The van der Waals surface area contributed by atoms with Crippen molar-refractivity contribution >= 4 is 0 Å². The first-order valence-electron chi connectivity index (χ1n) is 7.63. The van der Waals surface area contributed by atoms with Crippen molar-refractivity contribution in [3.63, 3.8) is 0 Å². The third-order valence-electron chi connectivity index (χ3n) is 5.76. The Morgan fingerprint density at radius 3 is 2.79 bits per heavy atom. The maximum Gasteiger partial charge on any atom is 0.0946 e. The summed E-state index contributed by atoms with van der Waals surface area (Å²) in [5.41, 5.74) is 0.952. The number of aromatic nitrogens is 2. The van der Waals surface area contributed by atoms with Crippen LogP contribution in [-0.4, -0.2) is 21.6 Å². The predicted molar refractivity (Wildman–Crippen MR) is 77.8 cm³/mol. The zero-order chi connectivity index (χ0) is 13.7. The van der Waals surface area contributed by atoms with Gasteiger partial charge in [0.15, 0.2) is 0 Å². The van der Waals surface area contributed by atoms with Crippen LogP contribution in [0, 0.1) is 16.7 Å². The van der Waals surface area contributed by atoms with Gasteiger partial charge in [0.25, 0.3) is 0 Å². The third-order valence-corrected chi connectivity index (χ3v) is 5.76. The van der Waals surface area contributed by atoms with E-state index >= 15 is 0 Å². The Labute approximate surface area is 116 Å². The summed E-state index contributed by atoms with van der Waals surface area (Å²) in [5.74, 6) is 0.912. The number of imidazole rings is 1. The number of hydrogen-bond acceptors (Lipinski definition) is 2. The molecule has 3 heteroatoms. The van der Waals surface area contributed by atoms with Crippen LogP contribution < -0.4 is 5.32 Å². The van der Waals surface area contributed by atoms with Gasteiger partial charge in [0.1, 0.15) is 0 Å². The monoisotopic (exact) mass is 261 g/mol. The summed E-state index contributed by atoms with van der Waals surface area (Å²) in [6.45, 7) is 10.7. The molecule has 0 aliphatic heterocycles. The van der Waals surface area contributed by atoms with Gasteiger partial charge in [0.05, 0.1) is 6.33 Å². The van der Waals surface area contributed by atoms with Crippen LogP contribution >= 0.6 is 0 Å². The van der Waals surface area contributed by atoms with Crippen molar-refractivity contribution in [1.29, 1.82) is 0 Å². The molecule has 2 aliphatic carbocycles. The van der Waals surface area contributed by atoms with Gasteiger partial charge in [-0.15, -0.1) is 0 Å². The summed E-state index contributed by atoms with van der Waals surface area (Å²) in [5, 5.41) is 3.93. The highest BCUT2D eigenvalue weighted by Crippen LogP contribution is 2.62. The Hall–Kier alpha value is -0.830. The van der Waals surface area contributed by atoms with Crippen molar-refractivity contribution < 1.29 is 0 Å². The lowest BCUT2D eigenvalue weighted by Crippen LogP contribution is -2.53. The summed E-state index contributed by atoms with van der Waals surface area (Å²) in [6.07, 6.45) is 10.1. The summed E-state index contributed by atoms with van der Waals surface area (Å²) < 4.78 is 2.17. The highest BCUT2D eigenvalue weighted by molar-refractivity contribution is 5.12. The highest BCUT2D eigenvalue weighted by Gasteiger charge is 2.59. The summed E-state index contributed by atoms with van der Waals surface area (Å²) >= 11 is 0. The van der Waals surface area contributed by atoms with E-state index in [1.54, 1.807) is 0 Å². The SMILES string of the molecule is CC(Cn1ccnc1)NC1C2(C)CCC(C2)C1(C)C. The first-order valence-corrected chi connectivity index (χ1v) is 7.63. The molecule has 1 heterocycles. The van der Waals surface area contributed by atoms with Crippen LogP contribution in [0.2, 0.25) is 0 Å². The van der Waals surface area contributed by atoms with E-state index in [4.69, 9.17) is 0 Å². The molecule has 1 aromatic rings. The van der Waals surface area contributed by atoms with Gasteiger partial charge in [0, 0.05) is 31.0 Å². The predicted octanol–water partition coefficient (Wildman–Crippen LogP) is 3.08. The van der Waals surface area contributed by atoms with E-state index in [1.807, 2.05) is 18.7 Å². The first-order chi connectivity index (χ1) is 8.92. The smallest absolute Gasteiger partial charge is 0.0946 e. The zero-order valence-electron chi connectivity index (χ0n) is 12.7. The number of nitrogens with zero attached hydrogens (tertiary/aromatic N) is 2. The normalized spacial score (nSPS) is 37.7. The standard InChI is InChI=1S/C16H27N3/c1-12(10-19-8-7-17-11-19)18-14-15(2,3)13-5-6-16(14,4)9-13/h7-8,11-14,18H,5-6,9-10H2,1-4H3. The molecule has 3 nitrogen and oxygen atoms in total. The van der Waals surface area contributed by atoms with Crippen molar-refractivity contribution in [1.82, 2.24) is 14.9 Å². The number of hydrogen-bond donors (Lipinski definition) is 1. The molecule has 1 aromatic heterocycles. The molecule has 0 saturated heterocycles. The van der Waals surface area contributed by atoms with Crippen molar-refractivity contribution in [2.24, 2.45) is 16.7 Å². The second kappa shape index (κ2) is 4.34. The maximum absolute atomic E-state index is 4.12. The molecule has 2 bridgehead atoms. The van der Waals surface area contributed by atoms with Gasteiger partial charge in [-0.3, -0.25) is 0 Å². The minimum absolute atomic E-state index is 0.441. The van der Waals surface area contributed by atoms with Gasteiger partial charge in [0.2, 0.25) is 0 Å². The molecule has 2 fully saturated rings. The minimum atomic E-state index is 0.441. The molecular weight excluding hydrogens is 234 g/mol. The van der Waals surface area contributed by atoms with Gasteiger partial charge in [-0.25, -0.2) is 4.98 Å². The van der Waals surface area contributed by atoms with Crippen LogP contribution in [-0.2, 0) is 6.54 Å². The van der Waals surface area contributed by atoms with Crippen molar-refractivity contribution in [2.45, 2.75) is 65.6 Å². The van der Waals surface area contributed by atoms with E-state index in [0.717, 1.165) is 12.5 Å². The van der Waals surface area contributed by atoms with Gasteiger partial charge in [-0.05, 0) is 42.9 Å². The fourth-order valence-corrected chi connectivity index (χ4v) is 4.77. The van der Waals surface area contributed by atoms with Crippen LogP contribution in [0.3, 0.4) is 0 Å². The average molecular weight is 261 g/mol. The van der Waals surface area contributed by atoms with Crippen LogP contribution in [0.5, 0.6) is 0 Å². The largest absolute Gasteiger partial charge is 0.336 e. The summed E-state index contributed by atoms with van der Waals surface area (Å²) in [6, 6.07) is 1.15. The van der Waals surface area contributed by atoms with E-state index in [-0.39, 0.29) is 0 Å². The van der Waals surface area contributed by atoms with Crippen LogP contribution in [0.4, 0.5) is 0 Å². The van der Waals surface area contributed by atoms with Crippen molar-refractivity contribution in [3.8, 4) is 0 Å². The van der Waals surface area contributed by atoms with Crippen LogP contribution in [0.1, 0.15) is 47.0 Å². The third kappa shape index (κ3) is 2.12. The summed E-state index contributed by atoms with van der Waals surface area (Å²) in [4.78, 5) is 4.12. The molecule has 0 aromatic carbocycles. The van der Waals surface area contributed by atoms with E-state index < -0.39 is 0 Å². The molecule has 106 valence electrons. The number of nitrogens with one attached hydrogen (secondary N) is 1. The molecule has 2 saturated carbocycles. The Kier molecular flexibility index (Phi) is 3.01. The Morgan fingerprint density at radius 2 is 2.21 bits per heavy atom.